The number of thiocarbonyl (C=S) groups is 2. The SMILES string of the molecule is CCCCC(NS(=O)(=O)O)(C(=S)NS(=O)(=O)O)c1ccc(C(CCCC)(NS(=O)(=O)O)C(=S)NS(=O)(=O)O)cc1. The summed E-state index contributed by atoms with van der Waals surface area (Å²) in [7, 11) is -20.2. The molecule has 0 saturated carbocycles. The van der Waals surface area contributed by atoms with Crippen LogP contribution in [0.4, 0.5) is 0 Å². The molecule has 0 bridgehead atoms. The number of rotatable bonds is 16. The molecule has 2 unspecified atom stereocenters. The van der Waals surface area contributed by atoms with Gasteiger partial charge in [0.25, 0.3) is 0 Å². The van der Waals surface area contributed by atoms with E-state index < -0.39 is 62.3 Å². The average Bonchev–Trinajstić information content (AvgIpc) is 2.75. The van der Waals surface area contributed by atoms with Crippen molar-refractivity contribution in [1.29, 1.82) is 0 Å². The summed E-state index contributed by atoms with van der Waals surface area (Å²) in [4.78, 5) is -1.55. The molecule has 1 aromatic carbocycles. The van der Waals surface area contributed by atoms with Gasteiger partial charge in [0, 0.05) is 0 Å². The van der Waals surface area contributed by atoms with E-state index >= 15 is 0 Å². The Morgan fingerprint density at radius 2 is 0.900 bits per heavy atom. The molecular formula is C18H30N4O12S6. The zero-order valence-corrected chi connectivity index (χ0v) is 26.0. The maximum atomic E-state index is 11.9. The third kappa shape index (κ3) is 11.1. The van der Waals surface area contributed by atoms with E-state index in [0.717, 1.165) is 24.3 Å². The van der Waals surface area contributed by atoms with Crippen molar-refractivity contribution in [2.24, 2.45) is 0 Å². The van der Waals surface area contributed by atoms with Gasteiger partial charge in [0.2, 0.25) is 0 Å². The van der Waals surface area contributed by atoms with Crippen LogP contribution >= 0.6 is 24.4 Å². The minimum Gasteiger partial charge on any atom is -0.273 e. The Morgan fingerprint density at radius 1 is 0.625 bits per heavy atom. The third-order valence-electron chi connectivity index (χ3n) is 5.51. The number of hydrogen-bond acceptors (Lipinski definition) is 10. The van der Waals surface area contributed by atoms with Gasteiger partial charge in [-0.25, -0.2) is 0 Å². The van der Waals surface area contributed by atoms with Crippen LogP contribution < -0.4 is 18.9 Å². The lowest BCUT2D eigenvalue weighted by Gasteiger charge is -2.37. The summed E-state index contributed by atoms with van der Waals surface area (Å²) in [5, 5.41) is 0. The van der Waals surface area contributed by atoms with Crippen LogP contribution in [0.5, 0.6) is 0 Å². The van der Waals surface area contributed by atoms with E-state index in [9.17, 15) is 51.9 Å². The molecule has 230 valence electrons. The highest BCUT2D eigenvalue weighted by atomic mass is 32.2. The van der Waals surface area contributed by atoms with E-state index in [4.69, 9.17) is 24.4 Å². The van der Waals surface area contributed by atoms with Crippen LogP contribution in [-0.4, -0.2) is 61.9 Å². The molecule has 0 radical (unpaired) electrons. The second-order valence-corrected chi connectivity index (χ2v) is 14.0. The molecule has 1 rings (SSSR count). The summed E-state index contributed by atoms with van der Waals surface area (Å²) < 4.78 is 138. The van der Waals surface area contributed by atoms with Gasteiger partial charge in [0.05, 0.1) is 0 Å². The monoisotopic (exact) mass is 686 g/mol. The number of nitrogens with one attached hydrogen (secondary N) is 4. The van der Waals surface area contributed by atoms with Gasteiger partial charge in [0.15, 0.2) is 0 Å². The molecule has 16 nitrogen and oxygen atoms in total. The first-order valence-corrected chi connectivity index (χ1v) is 17.8. The van der Waals surface area contributed by atoms with Crippen molar-refractivity contribution >= 4 is 75.6 Å². The molecule has 0 aliphatic heterocycles. The minimum absolute atomic E-state index is 0.103. The van der Waals surface area contributed by atoms with E-state index in [1.165, 1.54) is 0 Å². The molecule has 8 N–H and O–H groups in total. The van der Waals surface area contributed by atoms with Crippen LogP contribution in [0.15, 0.2) is 24.3 Å². The summed E-state index contributed by atoms with van der Waals surface area (Å²) in [5.41, 5.74) is -4.53. The lowest BCUT2D eigenvalue weighted by Crippen LogP contribution is -2.57. The molecule has 0 aliphatic rings. The van der Waals surface area contributed by atoms with Crippen molar-refractivity contribution in [2.75, 3.05) is 0 Å². The van der Waals surface area contributed by atoms with Gasteiger partial charge in [0.1, 0.15) is 21.1 Å². The standard InChI is InChI=1S/C18H30N4O12S6/c1-3-5-11-17(21-39(29,30)31,15(35)19-37(23,24)25)13-7-9-14(10-8-13)18(12-6-4-2,22-40(32,33)34)16(36)20-38(26,27)28/h7-10,21-22H,3-6,11-12H2,1-2H3,(H,19,35)(H,20,36)(H,23,24,25)(H,26,27,28)(H,29,30,31)(H,32,33,34). The molecule has 0 amide bonds. The highest BCUT2D eigenvalue weighted by molar-refractivity contribution is 7.88. The van der Waals surface area contributed by atoms with Crippen LogP contribution in [0.1, 0.15) is 63.5 Å². The van der Waals surface area contributed by atoms with Crippen molar-refractivity contribution in [3.05, 3.63) is 35.4 Å². The fourth-order valence-corrected chi connectivity index (χ4v) is 7.51. The second-order valence-electron chi connectivity index (χ2n) is 8.56. The summed E-state index contributed by atoms with van der Waals surface area (Å²) in [6, 6.07) is 4.57. The quantitative estimate of drug-likeness (QED) is 0.0878. The van der Waals surface area contributed by atoms with E-state index in [1.54, 1.807) is 23.3 Å². The average molecular weight is 687 g/mol. The van der Waals surface area contributed by atoms with E-state index in [2.05, 4.69) is 0 Å². The zero-order valence-electron chi connectivity index (χ0n) is 21.1. The molecule has 0 saturated heterocycles. The molecule has 2 atom stereocenters. The Bertz CT molecular complexity index is 1400. The van der Waals surface area contributed by atoms with Crippen LogP contribution in [0.3, 0.4) is 0 Å². The Hall–Kier alpha value is -1.44. The zero-order chi connectivity index (χ0) is 31.2. The van der Waals surface area contributed by atoms with Gasteiger partial charge in [-0.15, -0.1) is 0 Å². The first-order valence-electron chi connectivity index (χ1n) is 11.2. The number of benzene rings is 1. The molecule has 40 heavy (non-hydrogen) atoms. The smallest absolute Gasteiger partial charge is 0.273 e. The van der Waals surface area contributed by atoms with E-state index in [1.807, 2.05) is 9.44 Å². The first-order chi connectivity index (χ1) is 18.0. The van der Waals surface area contributed by atoms with E-state index in [-0.39, 0.29) is 36.8 Å². The van der Waals surface area contributed by atoms with Crippen molar-refractivity contribution in [3.63, 3.8) is 0 Å². The predicted molar refractivity (Wildman–Crippen MR) is 153 cm³/mol. The van der Waals surface area contributed by atoms with Crippen LogP contribution in [-0.2, 0) is 52.3 Å². The highest BCUT2D eigenvalue weighted by Gasteiger charge is 2.44. The Kier molecular flexibility index (Phi) is 12.5. The largest absolute Gasteiger partial charge is 0.357 e. The molecule has 0 heterocycles. The number of hydrogen-bond donors (Lipinski definition) is 8. The Morgan fingerprint density at radius 3 is 1.10 bits per heavy atom. The summed E-state index contributed by atoms with van der Waals surface area (Å²) in [6.45, 7) is 3.43. The Balaban J connectivity index is 3.99. The summed E-state index contributed by atoms with van der Waals surface area (Å²) in [5.74, 6) is 0. The number of unbranched alkanes of at least 4 members (excludes halogenated alkanes) is 2. The van der Waals surface area contributed by atoms with Gasteiger partial charge in [-0.1, -0.05) is 88.2 Å². The van der Waals surface area contributed by atoms with Crippen molar-refractivity contribution < 1.29 is 51.9 Å². The lowest BCUT2D eigenvalue weighted by molar-refractivity contribution is 0.404. The predicted octanol–water partition coefficient (Wildman–Crippen LogP) is 0.682. The molecule has 1 aromatic rings. The van der Waals surface area contributed by atoms with Crippen molar-refractivity contribution in [2.45, 2.75) is 63.5 Å². The second kappa shape index (κ2) is 13.7. The fraction of sp³-hybridized carbons (Fsp3) is 0.556. The Labute approximate surface area is 244 Å². The van der Waals surface area contributed by atoms with Crippen LogP contribution in [0, 0.1) is 0 Å². The topological polar surface area (TPSA) is 266 Å². The molecular weight excluding hydrogens is 657 g/mol. The van der Waals surface area contributed by atoms with Gasteiger partial charge >= 0.3 is 41.2 Å². The van der Waals surface area contributed by atoms with Gasteiger partial charge in [-0.2, -0.15) is 43.1 Å². The van der Waals surface area contributed by atoms with Gasteiger partial charge in [-0.3, -0.25) is 27.7 Å². The van der Waals surface area contributed by atoms with Crippen LogP contribution in [0.25, 0.3) is 0 Å². The highest BCUT2D eigenvalue weighted by Crippen LogP contribution is 2.35. The summed E-state index contributed by atoms with van der Waals surface area (Å²) >= 11 is 10.2. The van der Waals surface area contributed by atoms with Crippen molar-refractivity contribution in [3.8, 4) is 0 Å². The molecule has 0 fully saturated rings. The molecule has 0 spiro atoms. The maximum absolute atomic E-state index is 11.9. The van der Waals surface area contributed by atoms with E-state index in [0.29, 0.717) is 12.8 Å². The molecule has 22 heteroatoms. The third-order valence-corrected chi connectivity index (χ3v) is 8.80. The minimum atomic E-state index is -5.07. The summed E-state index contributed by atoms with van der Waals surface area (Å²) in [6.07, 6.45) is 0.828. The fourth-order valence-electron chi connectivity index (χ4n) is 3.86. The molecule has 0 aromatic heterocycles. The first kappa shape index (κ1) is 36.6. The molecule has 0 aliphatic carbocycles. The van der Waals surface area contributed by atoms with Crippen molar-refractivity contribution in [1.82, 2.24) is 18.9 Å². The lowest BCUT2D eigenvalue weighted by atomic mass is 9.81. The normalized spacial score (nSPS) is 15.9. The maximum Gasteiger partial charge on any atom is 0.357 e. The van der Waals surface area contributed by atoms with Gasteiger partial charge < -0.3 is 0 Å². The van der Waals surface area contributed by atoms with Gasteiger partial charge in [-0.05, 0) is 24.0 Å². The van der Waals surface area contributed by atoms with Crippen LogP contribution in [0.2, 0.25) is 0 Å².